The van der Waals surface area contributed by atoms with Crippen molar-refractivity contribution in [1.82, 2.24) is 14.5 Å². The fourth-order valence-electron chi connectivity index (χ4n) is 3.41. The number of nitrogens with zero attached hydrogens (tertiary/aromatic N) is 3. The molecule has 0 spiro atoms. The molecule has 154 valence electrons. The molecule has 3 aromatic heterocycles. The Morgan fingerprint density at radius 3 is 2.79 bits per heavy atom. The SMILES string of the molecule is CC(C)(C)OC(=O)N1CCC[C@H]1c1nc(-c2cc3oc(Br)cc3s2)cn1C(=O)O. The van der Waals surface area contributed by atoms with Gasteiger partial charge in [0.1, 0.15) is 17.0 Å². The number of fused-ring (bicyclic) bond motifs is 1. The van der Waals surface area contributed by atoms with Crippen molar-refractivity contribution < 1.29 is 23.8 Å². The van der Waals surface area contributed by atoms with Gasteiger partial charge in [0.05, 0.1) is 21.3 Å². The molecular weight excluding hydrogens is 462 g/mol. The van der Waals surface area contributed by atoms with Crippen molar-refractivity contribution in [2.75, 3.05) is 6.54 Å². The second-order valence-electron chi connectivity index (χ2n) is 7.86. The van der Waals surface area contributed by atoms with E-state index in [0.29, 0.717) is 34.7 Å². The lowest BCUT2D eigenvalue weighted by Crippen LogP contribution is -2.37. The number of rotatable bonds is 2. The molecule has 0 saturated carbocycles. The molecular formula is C19H20BrN3O5S. The third kappa shape index (κ3) is 3.91. The van der Waals surface area contributed by atoms with Crippen LogP contribution in [0.15, 0.2) is 27.4 Å². The van der Waals surface area contributed by atoms with Crippen LogP contribution in [0.5, 0.6) is 0 Å². The average Bonchev–Trinajstić information content (AvgIpc) is 3.33. The largest absolute Gasteiger partial charge is 0.464 e. The molecule has 0 radical (unpaired) electrons. The molecule has 0 bridgehead atoms. The number of furan rings is 1. The first-order valence-electron chi connectivity index (χ1n) is 9.14. The molecule has 0 aliphatic carbocycles. The van der Waals surface area contributed by atoms with Gasteiger partial charge in [-0.2, -0.15) is 0 Å². The van der Waals surface area contributed by atoms with Crippen LogP contribution in [0.4, 0.5) is 9.59 Å². The second-order valence-corrected chi connectivity index (χ2v) is 9.72. The molecule has 4 rings (SSSR count). The molecule has 10 heteroatoms. The lowest BCUT2D eigenvalue weighted by Gasteiger charge is -2.28. The summed E-state index contributed by atoms with van der Waals surface area (Å²) in [7, 11) is 0. The van der Waals surface area contributed by atoms with Crippen molar-refractivity contribution in [2.24, 2.45) is 0 Å². The molecule has 0 unspecified atom stereocenters. The Bertz CT molecular complexity index is 1060. The van der Waals surface area contributed by atoms with Crippen molar-refractivity contribution in [3.05, 3.63) is 28.8 Å². The Kier molecular flexibility index (Phi) is 4.94. The van der Waals surface area contributed by atoms with Crippen molar-refractivity contribution in [2.45, 2.75) is 45.3 Å². The Morgan fingerprint density at radius 1 is 1.38 bits per heavy atom. The number of carboxylic acid groups (broad SMARTS) is 1. The van der Waals surface area contributed by atoms with Crippen LogP contribution in [0, 0.1) is 0 Å². The van der Waals surface area contributed by atoms with Gasteiger partial charge in [0.25, 0.3) is 0 Å². The Hall–Kier alpha value is -2.33. The summed E-state index contributed by atoms with van der Waals surface area (Å²) in [6, 6.07) is 3.25. The summed E-state index contributed by atoms with van der Waals surface area (Å²) in [5, 5.41) is 9.70. The fourth-order valence-corrected chi connectivity index (χ4v) is 4.94. The van der Waals surface area contributed by atoms with Crippen molar-refractivity contribution in [1.29, 1.82) is 0 Å². The highest BCUT2D eigenvalue weighted by molar-refractivity contribution is 9.10. The van der Waals surface area contributed by atoms with E-state index in [2.05, 4.69) is 20.9 Å². The van der Waals surface area contributed by atoms with E-state index in [9.17, 15) is 14.7 Å². The minimum atomic E-state index is -1.14. The second kappa shape index (κ2) is 7.17. The maximum absolute atomic E-state index is 12.6. The molecule has 3 aromatic rings. The van der Waals surface area contributed by atoms with E-state index in [1.54, 1.807) is 25.7 Å². The molecule has 1 N–H and O–H groups in total. The first-order valence-corrected chi connectivity index (χ1v) is 10.7. The zero-order chi connectivity index (χ0) is 20.9. The van der Waals surface area contributed by atoms with Gasteiger partial charge in [-0.05, 0) is 49.5 Å². The van der Waals surface area contributed by atoms with E-state index in [1.807, 2.05) is 12.1 Å². The highest BCUT2D eigenvalue weighted by Gasteiger charge is 2.37. The number of hydrogen-bond donors (Lipinski definition) is 1. The van der Waals surface area contributed by atoms with Gasteiger partial charge in [-0.3, -0.25) is 4.90 Å². The number of likely N-dealkylation sites (tertiary alicyclic amines) is 1. The minimum absolute atomic E-state index is 0.321. The van der Waals surface area contributed by atoms with Gasteiger partial charge < -0.3 is 14.3 Å². The molecule has 1 amide bonds. The number of thiophene rings is 1. The van der Waals surface area contributed by atoms with Crippen LogP contribution in [-0.2, 0) is 4.74 Å². The third-order valence-corrected chi connectivity index (χ3v) is 6.02. The summed E-state index contributed by atoms with van der Waals surface area (Å²) < 4.78 is 13.7. The molecule has 8 nitrogen and oxygen atoms in total. The predicted molar refractivity (Wildman–Crippen MR) is 111 cm³/mol. The maximum Gasteiger partial charge on any atom is 0.417 e. The summed E-state index contributed by atoms with van der Waals surface area (Å²) in [5.41, 5.74) is 0.613. The van der Waals surface area contributed by atoms with Gasteiger partial charge in [0, 0.05) is 24.9 Å². The molecule has 1 aliphatic rings. The zero-order valence-corrected chi connectivity index (χ0v) is 18.5. The van der Waals surface area contributed by atoms with Crippen LogP contribution >= 0.6 is 27.3 Å². The van der Waals surface area contributed by atoms with Crippen molar-refractivity contribution in [3.63, 3.8) is 0 Å². The molecule has 1 atom stereocenters. The van der Waals surface area contributed by atoms with Gasteiger partial charge in [-0.25, -0.2) is 19.1 Å². The molecule has 1 fully saturated rings. The van der Waals surface area contributed by atoms with Gasteiger partial charge in [-0.1, -0.05) is 0 Å². The third-order valence-electron chi connectivity index (χ3n) is 4.55. The zero-order valence-electron chi connectivity index (χ0n) is 16.1. The highest BCUT2D eigenvalue weighted by atomic mass is 79.9. The molecule has 1 aliphatic heterocycles. The summed E-state index contributed by atoms with van der Waals surface area (Å²) in [6.07, 6.45) is 1.27. The maximum atomic E-state index is 12.6. The van der Waals surface area contributed by atoms with Crippen LogP contribution in [-0.4, -0.2) is 43.9 Å². The van der Waals surface area contributed by atoms with E-state index < -0.39 is 23.8 Å². The molecule has 0 aromatic carbocycles. The number of carbonyl (C=O) groups excluding carboxylic acids is 1. The summed E-state index contributed by atoms with van der Waals surface area (Å²) in [5.74, 6) is 0.321. The Balaban J connectivity index is 1.70. The molecule has 29 heavy (non-hydrogen) atoms. The summed E-state index contributed by atoms with van der Waals surface area (Å²) >= 11 is 4.76. The Morgan fingerprint density at radius 2 is 2.14 bits per heavy atom. The normalized spacial score (nSPS) is 17.2. The van der Waals surface area contributed by atoms with E-state index >= 15 is 0 Å². The van der Waals surface area contributed by atoms with E-state index in [-0.39, 0.29) is 0 Å². The quantitative estimate of drug-likeness (QED) is 0.502. The number of aromatic nitrogens is 2. The first kappa shape index (κ1) is 20.0. The number of carbonyl (C=O) groups is 2. The highest BCUT2D eigenvalue weighted by Crippen LogP contribution is 2.38. The number of ether oxygens (including phenoxy) is 1. The molecule has 1 saturated heterocycles. The number of imidazole rings is 1. The fraction of sp³-hybridized carbons (Fsp3) is 0.421. The summed E-state index contributed by atoms with van der Waals surface area (Å²) in [6.45, 7) is 5.91. The van der Waals surface area contributed by atoms with Gasteiger partial charge in [0.2, 0.25) is 0 Å². The predicted octanol–water partition coefficient (Wildman–Crippen LogP) is 5.72. The average molecular weight is 482 g/mol. The van der Waals surface area contributed by atoms with Gasteiger partial charge >= 0.3 is 12.2 Å². The van der Waals surface area contributed by atoms with E-state index in [0.717, 1.165) is 20.6 Å². The van der Waals surface area contributed by atoms with Crippen LogP contribution < -0.4 is 0 Å². The first-order chi connectivity index (χ1) is 13.6. The molecule has 4 heterocycles. The van der Waals surface area contributed by atoms with Gasteiger partial charge in [-0.15, -0.1) is 11.3 Å². The standard InChI is InChI=1S/C19H20BrN3O5S/c1-19(2,3)28-18(26)22-6-4-5-11(22)16-21-10(9-23(16)17(24)25)13-7-12-14(29-13)8-15(20)27-12/h7-9,11H,4-6H2,1-3H3,(H,24,25)/t11-/m0/s1. The monoisotopic (exact) mass is 481 g/mol. The van der Waals surface area contributed by atoms with Gasteiger partial charge in [0.15, 0.2) is 4.67 Å². The van der Waals surface area contributed by atoms with Crippen molar-refractivity contribution >= 4 is 49.7 Å². The van der Waals surface area contributed by atoms with E-state index in [1.165, 1.54) is 17.5 Å². The van der Waals surface area contributed by atoms with Crippen LogP contribution in [0.3, 0.4) is 0 Å². The smallest absolute Gasteiger partial charge is 0.417 e. The number of halogens is 1. The van der Waals surface area contributed by atoms with Crippen LogP contribution in [0.2, 0.25) is 0 Å². The van der Waals surface area contributed by atoms with Crippen molar-refractivity contribution in [3.8, 4) is 10.6 Å². The number of hydrogen-bond acceptors (Lipinski definition) is 6. The van der Waals surface area contributed by atoms with Crippen LogP contribution in [0.1, 0.15) is 45.5 Å². The lowest BCUT2D eigenvalue weighted by atomic mass is 10.2. The summed E-state index contributed by atoms with van der Waals surface area (Å²) in [4.78, 5) is 31.4. The van der Waals surface area contributed by atoms with E-state index in [4.69, 9.17) is 9.15 Å². The number of amides is 1. The lowest BCUT2D eigenvalue weighted by molar-refractivity contribution is 0.0215. The minimum Gasteiger partial charge on any atom is -0.464 e. The Labute approximate surface area is 179 Å². The van der Waals surface area contributed by atoms with Crippen LogP contribution in [0.25, 0.3) is 20.9 Å². The topological polar surface area (TPSA) is 97.8 Å².